The number of esters is 1. The predicted octanol–water partition coefficient (Wildman–Crippen LogP) is 1.52. The number of nitrogens with one attached hydrogen (secondary N) is 1. The summed E-state index contributed by atoms with van der Waals surface area (Å²) in [6.07, 6.45) is 1.70. The first-order chi connectivity index (χ1) is 11.5. The molecule has 0 fully saturated rings. The summed E-state index contributed by atoms with van der Waals surface area (Å²) in [5, 5.41) is 3.58. The van der Waals surface area contributed by atoms with Crippen molar-refractivity contribution >= 4 is 16.0 Å². The Morgan fingerprint density at radius 3 is 2.67 bits per heavy atom. The third-order valence-corrected chi connectivity index (χ3v) is 4.61. The van der Waals surface area contributed by atoms with Gasteiger partial charge >= 0.3 is 5.97 Å². The molecule has 0 amide bonds. The Bertz CT molecular complexity index is 729. The zero-order valence-electron chi connectivity index (χ0n) is 13.3. The van der Waals surface area contributed by atoms with Crippen LogP contribution in [0, 0.1) is 5.92 Å². The largest absolute Gasteiger partial charge is 0.466 e. The Kier molecular flexibility index (Phi) is 6.51. The molecule has 0 saturated carbocycles. The summed E-state index contributed by atoms with van der Waals surface area (Å²) in [4.78, 5) is 12.1. The lowest BCUT2D eigenvalue weighted by atomic mass is 10.00. The van der Waals surface area contributed by atoms with Crippen molar-refractivity contribution in [3.05, 3.63) is 53.9 Å². The Labute approximate surface area is 141 Å². The standard InChI is InChI=1S/C16H20N2O5S/c1-2-22-16(19)14(10-13-6-4-3-5-7-13)11-17-24(20,21)12-15-8-9-23-18-15/h3-9,14,17H,2,10-12H2,1H3. The smallest absolute Gasteiger partial charge is 0.310 e. The molecular weight excluding hydrogens is 332 g/mol. The number of rotatable bonds is 9. The zero-order chi connectivity index (χ0) is 17.4. The van der Waals surface area contributed by atoms with Crippen LogP contribution in [0.5, 0.6) is 0 Å². The number of aromatic nitrogens is 1. The number of hydrogen-bond acceptors (Lipinski definition) is 6. The first kappa shape index (κ1) is 18.2. The molecule has 1 atom stereocenters. The molecule has 24 heavy (non-hydrogen) atoms. The summed E-state index contributed by atoms with van der Waals surface area (Å²) in [6, 6.07) is 10.9. The van der Waals surface area contributed by atoms with E-state index in [2.05, 4.69) is 14.4 Å². The molecule has 130 valence electrons. The normalized spacial score (nSPS) is 12.7. The fourth-order valence-electron chi connectivity index (χ4n) is 2.18. The molecule has 0 aliphatic heterocycles. The monoisotopic (exact) mass is 352 g/mol. The van der Waals surface area contributed by atoms with Crippen molar-refractivity contribution in [2.75, 3.05) is 13.2 Å². The Morgan fingerprint density at radius 1 is 1.29 bits per heavy atom. The highest BCUT2D eigenvalue weighted by atomic mass is 32.2. The van der Waals surface area contributed by atoms with Crippen LogP contribution in [-0.2, 0) is 31.7 Å². The Balaban J connectivity index is 2.00. The number of hydrogen-bond donors (Lipinski definition) is 1. The summed E-state index contributed by atoms with van der Waals surface area (Å²) in [7, 11) is -3.62. The van der Waals surface area contributed by atoms with Crippen LogP contribution < -0.4 is 4.72 Å². The van der Waals surface area contributed by atoms with E-state index in [9.17, 15) is 13.2 Å². The average Bonchev–Trinajstić information content (AvgIpc) is 3.04. The number of nitrogens with zero attached hydrogens (tertiary/aromatic N) is 1. The number of carbonyl (C=O) groups is 1. The zero-order valence-corrected chi connectivity index (χ0v) is 14.2. The van der Waals surface area contributed by atoms with E-state index in [0.717, 1.165) is 5.56 Å². The molecule has 1 unspecified atom stereocenters. The first-order valence-corrected chi connectivity index (χ1v) is 9.22. The van der Waals surface area contributed by atoms with Gasteiger partial charge in [-0.15, -0.1) is 0 Å². The van der Waals surface area contributed by atoms with E-state index >= 15 is 0 Å². The van der Waals surface area contributed by atoms with E-state index in [1.54, 1.807) is 6.92 Å². The molecule has 0 bridgehead atoms. The van der Waals surface area contributed by atoms with E-state index in [0.29, 0.717) is 12.1 Å². The second-order valence-electron chi connectivity index (χ2n) is 5.24. The fourth-order valence-corrected chi connectivity index (χ4v) is 3.28. The topological polar surface area (TPSA) is 98.5 Å². The van der Waals surface area contributed by atoms with Crippen molar-refractivity contribution in [3.8, 4) is 0 Å². The molecule has 1 aromatic carbocycles. The van der Waals surface area contributed by atoms with Gasteiger partial charge in [-0.3, -0.25) is 4.79 Å². The summed E-state index contributed by atoms with van der Waals surface area (Å²) in [5.41, 5.74) is 1.24. The van der Waals surface area contributed by atoms with Crippen molar-refractivity contribution in [2.24, 2.45) is 5.92 Å². The van der Waals surface area contributed by atoms with Crippen LogP contribution in [-0.4, -0.2) is 32.7 Å². The third kappa shape index (κ3) is 5.78. The van der Waals surface area contributed by atoms with Crippen molar-refractivity contribution in [1.82, 2.24) is 9.88 Å². The molecule has 2 aromatic rings. The van der Waals surface area contributed by atoms with E-state index in [1.807, 2.05) is 30.3 Å². The lowest BCUT2D eigenvalue weighted by Crippen LogP contribution is -2.35. The molecular formula is C16H20N2O5S. The maximum absolute atomic E-state index is 12.1. The number of sulfonamides is 1. The SMILES string of the molecule is CCOC(=O)C(CNS(=O)(=O)Cc1ccon1)Cc1ccccc1. The van der Waals surface area contributed by atoms with Gasteiger partial charge in [-0.25, -0.2) is 13.1 Å². The minimum absolute atomic E-state index is 0.0338. The highest BCUT2D eigenvalue weighted by Gasteiger charge is 2.23. The van der Waals surface area contributed by atoms with Gasteiger partial charge in [-0.1, -0.05) is 35.5 Å². The first-order valence-electron chi connectivity index (χ1n) is 7.57. The van der Waals surface area contributed by atoms with Crippen molar-refractivity contribution in [3.63, 3.8) is 0 Å². The molecule has 0 saturated heterocycles. The fraction of sp³-hybridized carbons (Fsp3) is 0.375. The second kappa shape index (κ2) is 8.60. The maximum Gasteiger partial charge on any atom is 0.310 e. The van der Waals surface area contributed by atoms with Crippen LogP contribution in [0.3, 0.4) is 0 Å². The lowest BCUT2D eigenvalue weighted by molar-refractivity contribution is -0.147. The number of benzene rings is 1. The quantitative estimate of drug-likeness (QED) is 0.687. The minimum atomic E-state index is -3.62. The van der Waals surface area contributed by atoms with Crippen LogP contribution in [0.2, 0.25) is 0 Å². The summed E-state index contributed by atoms with van der Waals surface area (Å²) >= 11 is 0. The van der Waals surface area contributed by atoms with Crippen LogP contribution >= 0.6 is 0 Å². The Hall–Kier alpha value is -2.19. The predicted molar refractivity (Wildman–Crippen MR) is 87.4 cm³/mol. The Morgan fingerprint density at radius 2 is 2.04 bits per heavy atom. The van der Waals surface area contributed by atoms with Crippen LogP contribution in [0.25, 0.3) is 0 Å². The summed E-state index contributed by atoms with van der Waals surface area (Å²) < 4.78 is 36.3. The van der Waals surface area contributed by atoms with Gasteiger partial charge in [-0.2, -0.15) is 0 Å². The molecule has 0 radical (unpaired) electrons. The van der Waals surface area contributed by atoms with E-state index in [-0.39, 0.29) is 18.9 Å². The van der Waals surface area contributed by atoms with Gasteiger partial charge in [0.25, 0.3) is 0 Å². The molecule has 8 heteroatoms. The molecule has 0 spiro atoms. The van der Waals surface area contributed by atoms with Gasteiger partial charge in [0.1, 0.15) is 12.0 Å². The molecule has 1 heterocycles. The summed E-state index contributed by atoms with van der Waals surface area (Å²) in [5.74, 6) is -1.32. The van der Waals surface area contributed by atoms with Gasteiger partial charge in [0, 0.05) is 12.6 Å². The highest BCUT2D eigenvalue weighted by Crippen LogP contribution is 2.11. The van der Waals surface area contributed by atoms with Gasteiger partial charge in [0.2, 0.25) is 10.0 Å². The molecule has 7 nitrogen and oxygen atoms in total. The summed E-state index contributed by atoms with van der Waals surface area (Å²) in [6.45, 7) is 1.93. The van der Waals surface area contributed by atoms with Gasteiger partial charge in [-0.05, 0) is 18.9 Å². The number of ether oxygens (including phenoxy) is 1. The highest BCUT2D eigenvalue weighted by molar-refractivity contribution is 7.88. The minimum Gasteiger partial charge on any atom is -0.466 e. The maximum atomic E-state index is 12.1. The van der Waals surface area contributed by atoms with E-state index in [1.165, 1.54) is 12.3 Å². The van der Waals surface area contributed by atoms with Gasteiger partial charge < -0.3 is 9.26 Å². The van der Waals surface area contributed by atoms with E-state index in [4.69, 9.17) is 4.74 Å². The van der Waals surface area contributed by atoms with Crippen LogP contribution in [0.1, 0.15) is 18.2 Å². The van der Waals surface area contributed by atoms with Crippen LogP contribution in [0.4, 0.5) is 0 Å². The van der Waals surface area contributed by atoms with Crippen molar-refractivity contribution in [2.45, 2.75) is 19.1 Å². The van der Waals surface area contributed by atoms with Crippen LogP contribution in [0.15, 0.2) is 47.2 Å². The van der Waals surface area contributed by atoms with Gasteiger partial charge in [0.15, 0.2) is 0 Å². The lowest BCUT2D eigenvalue weighted by Gasteiger charge is -2.16. The number of carbonyl (C=O) groups excluding carboxylic acids is 1. The van der Waals surface area contributed by atoms with Crippen molar-refractivity contribution in [1.29, 1.82) is 0 Å². The van der Waals surface area contributed by atoms with Crippen molar-refractivity contribution < 1.29 is 22.5 Å². The molecule has 2 rings (SSSR count). The second-order valence-corrected chi connectivity index (χ2v) is 7.04. The van der Waals surface area contributed by atoms with E-state index < -0.39 is 21.9 Å². The average molecular weight is 352 g/mol. The molecule has 0 aliphatic carbocycles. The molecule has 1 aromatic heterocycles. The molecule has 0 aliphatic rings. The third-order valence-electron chi connectivity index (χ3n) is 3.32. The van der Waals surface area contributed by atoms with Gasteiger partial charge in [0.05, 0.1) is 18.2 Å². The molecule has 1 N–H and O–H groups in total.